The summed E-state index contributed by atoms with van der Waals surface area (Å²) in [5, 5.41) is 3.52. The molecule has 8 rings (SSSR count). The van der Waals surface area contributed by atoms with Gasteiger partial charge in [0.2, 0.25) is 0 Å². The highest BCUT2D eigenvalue weighted by atomic mass is 32.2. The lowest BCUT2D eigenvalue weighted by Crippen LogP contribution is -2.36. The average molecular weight is 585 g/mol. The van der Waals surface area contributed by atoms with Crippen LogP contribution in [0.25, 0.3) is 11.1 Å². The first kappa shape index (κ1) is 26.3. The number of hydrogen-bond acceptors (Lipinski definition) is 5. The van der Waals surface area contributed by atoms with Crippen LogP contribution in [0.5, 0.6) is 0 Å². The van der Waals surface area contributed by atoms with Crippen molar-refractivity contribution in [3.8, 4) is 11.1 Å². The van der Waals surface area contributed by atoms with E-state index in [-0.39, 0.29) is 6.17 Å². The van der Waals surface area contributed by atoms with E-state index in [9.17, 15) is 0 Å². The van der Waals surface area contributed by atoms with Crippen molar-refractivity contribution >= 4 is 40.5 Å². The molecule has 1 unspecified atom stereocenters. The summed E-state index contributed by atoms with van der Waals surface area (Å²) in [6.45, 7) is 0. The predicted molar refractivity (Wildman–Crippen MR) is 183 cm³/mol. The van der Waals surface area contributed by atoms with E-state index in [1.165, 1.54) is 32.3 Å². The van der Waals surface area contributed by atoms with Gasteiger partial charge >= 0.3 is 0 Å². The molecule has 4 nitrogen and oxygen atoms in total. The zero-order valence-electron chi connectivity index (χ0n) is 23.8. The Kier molecular flexibility index (Phi) is 6.78. The highest BCUT2D eigenvalue weighted by Gasteiger charge is 2.25. The monoisotopic (exact) mass is 584 g/mol. The molecule has 0 saturated carbocycles. The van der Waals surface area contributed by atoms with E-state index in [1.807, 2.05) is 36.0 Å². The van der Waals surface area contributed by atoms with Crippen molar-refractivity contribution in [1.29, 1.82) is 0 Å². The highest BCUT2D eigenvalue weighted by molar-refractivity contribution is 7.99. The molecule has 0 bridgehead atoms. The number of aliphatic imine (C=N–C) groups is 2. The maximum absolute atomic E-state index is 5.12. The third-order valence-corrected chi connectivity index (χ3v) is 9.06. The first-order chi connectivity index (χ1) is 21.8. The molecule has 0 spiro atoms. The first-order valence-corrected chi connectivity index (χ1v) is 15.5. The van der Waals surface area contributed by atoms with Crippen LogP contribution in [0.15, 0.2) is 178 Å². The van der Waals surface area contributed by atoms with E-state index in [2.05, 4.69) is 144 Å². The van der Waals surface area contributed by atoms with Crippen molar-refractivity contribution in [2.75, 3.05) is 4.90 Å². The van der Waals surface area contributed by atoms with E-state index >= 15 is 0 Å². The van der Waals surface area contributed by atoms with Gasteiger partial charge in [-0.15, -0.1) is 0 Å². The Morgan fingerprint density at radius 2 is 0.909 bits per heavy atom. The van der Waals surface area contributed by atoms with Crippen LogP contribution in [0.1, 0.15) is 22.9 Å². The molecule has 6 aromatic rings. The molecule has 210 valence electrons. The SMILES string of the molecule is c1ccc(C2=NC(c3ccc(N4c5ccccc5Sc5ccccc54)cc3)N=C(c3ccc(-c4ccccc4)cc3)N2)cc1. The van der Waals surface area contributed by atoms with Gasteiger partial charge in [-0.25, -0.2) is 9.98 Å². The van der Waals surface area contributed by atoms with E-state index < -0.39 is 0 Å². The molecule has 0 amide bonds. The van der Waals surface area contributed by atoms with Gasteiger partial charge in [0.1, 0.15) is 11.7 Å². The Balaban J connectivity index is 1.16. The second-order valence-electron chi connectivity index (χ2n) is 10.7. The molecule has 2 aliphatic rings. The van der Waals surface area contributed by atoms with E-state index in [0.29, 0.717) is 0 Å². The zero-order chi connectivity index (χ0) is 29.3. The summed E-state index contributed by atoms with van der Waals surface area (Å²) in [5.41, 5.74) is 8.94. The largest absolute Gasteiger partial charge is 0.324 e. The van der Waals surface area contributed by atoms with Crippen molar-refractivity contribution in [3.63, 3.8) is 0 Å². The van der Waals surface area contributed by atoms with Crippen molar-refractivity contribution in [3.05, 3.63) is 174 Å². The molecule has 1 N–H and O–H groups in total. The number of hydrogen-bond donors (Lipinski definition) is 1. The minimum absolute atomic E-state index is 0.374. The lowest BCUT2D eigenvalue weighted by molar-refractivity contribution is 0.756. The fourth-order valence-electron chi connectivity index (χ4n) is 5.72. The number of nitrogens with one attached hydrogen (secondary N) is 1. The number of rotatable bonds is 5. The summed E-state index contributed by atoms with van der Waals surface area (Å²) in [5.74, 6) is 1.62. The van der Waals surface area contributed by atoms with Gasteiger partial charge in [-0.05, 0) is 53.1 Å². The summed E-state index contributed by atoms with van der Waals surface area (Å²) < 4.78 is 0. The van der Waals surface area contributed by atoms with Crippen LogP contribution >= 0.6 is 11.8 Å². The molecular weight excluding hydrogens is 557 g/mol. The Morgan fingerprint density at radius 3 is 1.50 bits per heavy atom. The molecule has 2 aliphatic heterocycles. The standard InChI is InChI=1S/C39H28N4S/c1-3-11-27(12-4-1)28-19-21-30(22-20-28)38-40-37(29-13-5-2-6-14-29)41-39(42-38)31-23-25-32(26-24-31)43-33-15-7-9-17-35(33)44-36-18-10-8-16-34(36)43/h1-26,39H,(H,40,41,42). The molecule has 5 heteroatoms. The van der Waals surface area contributed by atoms with E-state index in [0.717, 1.165) is 34.0 Å². The molecule has 0 aromatic heterocycles. The molecule has 2 heterocycles. The first-order valence-electron chi connectivity index (χ1n) is 14.7. The lowest BCUT2D eigenvalue weighted by atomic mass is 10.0. The van der Waals surface area contributed by atoms with Crippen LogP contribution in [-0.2, 0) is 0 Å². The third-order valence-electron chi connectivity index (χ3n) is 7.93. The Bertz CT molecular complexity index is 1960. The van der Waals surface area contributed by atoms with Gasteiger partial charge in [0.25, 0.3) is 0 Å². The van der Waals surface area contributed by atoms with E-state index in [1.54, 1.807) is 0 Å². The quantitative estimate of drug-likeness (QED) is 0.219. The number of para-hydroxylation sites is 2. The molecule has 44 heavy (non-hydrogen) atoms. The topological polar surface area (TPSA) is 40.0 Å². The second-order valence-corrected chi connectivity index (χ2v) is 11.8. The summed E-state index contributed by atoms with van der Waals surface area (Å²) in [4.78, 5) is 15.0. The van der Waals surface area contributed by atoms with Crippen LogP contribution in [-0.4, -0.2) is 11.7 Å². The van der Waals surface area contributed by atoms with Gasteiger partial charge in [0.05, 0.1) is 11.4 Å². The average Bonchev–Trinajstić information content (AvgIpc) is 3.11. The van der Waals surface area contributed by atoms with Crippen molar-refractivity contribution in [2.45, 2.75) is 16.0 Å². The number of benzene rings is 6. The second kappa shape index (κ2) is 11.4. The van der Waals surface area contributed by atoms with Gasteiger partial charge in [-0.3, -0.25) is 0 Å². The molecule has 6 aromatic carbocycles. The smallest absolute Gasteiger partial charge is 0.169 e. The normalized spacial score (nSPS) is 15.4. The summed E-state index contributed by atoms with van der Waals surface area (Å²) in [6.07, 6.45) is -0.374. The number of amidine groups is 2. The maximum atomic E-state index is 5.12. The maximum Gasteiger partial charge on any atom is 0.169 e. The van der Waals surface area contributed by atoms with Crippen molar-refractivity contribution < 1.29 is 0 Å². The van der Waals surface area contributed by atoms with Gasteiger partial charge in [-0.1, -0.05) is 133 Å². The Hall–Kier alpha value is -5.39. The van der Waals surface area contributed by atoms with Gasteiger partial charge in [-0.2, -0.15) is 0 Å². The van der Waals surface area contributed by atoms with Crippen molar-refractivity contribution in [2.24, 2.45) is 9.98 Å². The van der Waals surface area contributed by atoms with E-state index in [4.69, 9.17) is 9.98 Å². The molecule has 0 saturated heterocycles. The number of fused-ring (bicyclic) bond motifs is 2. The van der Waals surface area contributed by atoms with Crippen LogP contribution in [0.3, 0.4) is 0 Å². The molecular formula is C39H28N4S. The Morgan fingerprint density at radius 1 is 0.455 bits per heavy atom. The molecule has 0 aliphatic carbocycles. The van der Waals surface area contributed by atoms with Gasteiger partial charge < -0.3 is 10.2 Å². The van der Waals surface area contributed by atoms with Crippen molar-refractivity contribution in [1.82, 2.24) is 5.32 Å². The molecule has 0 radical (unpaired) electrons. The summed E-state index contributed by atoms with van der Waals surface area (Å²) >= 11 is 1.82. The molecule has 0 fully saturated rings. The number of nitrogens with zero attached hydrogens (tertiary/aromatic N) is 3. The highest BCUT2D eigenvalue weighted by Crippen LogP contribution is 2.51. The van der Waals surface area contributed by atoms with Crippen LogP contribution in [0.4, 0.5) is 17.1 Å². The van der Waals surface area contributed by atoms with Gasteiger partial charge in [0, 0.05) is 26.6 Å². The lowest BCUT2D eigenvalue weighted by Gasteiger charge is -2.33. The zero-order valence-corrected chi connectivity index (χ0v) is 24.7. The van der Waals surface area contributed by atoms with Crippen LogP contribution in [0, 0.1) is 0 Å². The predicted octanol–water partition coefficient (Wildman–Crippen LogP) is 9.78. The minimum Gasteiger partial charge on any atom is -0.324 e. The third kappa shape index (κ3) is 4.97. The number of anilines is 3. The summed E-state index contributed by atoms with van der Waals surface area (Å²) in [6, 6.07) is 55.1. The fraction of sp³-hybridized carbons (Fsp3) is 0.0256. The minimum atomic E-state index is -0.374. The van der Waals surface area contributed by atoms with Crippen LogP contribution < -0.4 is 10.2 Å². The summed E-state index contributed by atoms with van der Waals surface area (Å²) in [7, 11) is 0. The van der Waals surface area contributed by atoms with Crippen LogP contribution in [0.2, 0.25) is 0 Å². The fourth-order valence-corrected chi connectivity index (χ4v) is 6.78. The van der Waals surface area contributed by atoms with Gasteiger partial charge in [0.15, 0.2) is 6.17 Å². The Labute approximate surface area is 261 Å². The molecule has 1 atom stereocenters.